The van der Waals surface area contributed by atoms with Crippen molar-refractivity contribution < 1.29 is 14.7 Å². The zero-order valence-electron chi connectivity index (χ0n) is 13.1. The quantitative estimate of drug-likeness (QED) is 0.849. The molecule has 2 saturated heterocycles. The van der Waals surface area contributed by atoms with Gasteiger partial charge in [-0.1, -0.05) is 6.92 Å². The minimum absolute atomic E-state index is 0.130. The lowest BCUT2D eigenvalue weighted by Crippen LogP contribution is -2.54. The molecule has 2 unspecified atom stereocenters. The molecule has 0 radical (unpaired) electrons. The summed E-state index contributed by atoms with van der Waals surface area (Å²) in [6, 6.07) is 0.135. The number of urea groups is 1. The number of rotatable bonds is 3. The molecule has 6 heteroatoms. The van der Waals surface area contributed by atoms with Gasteiger partial charge in [0.1, 0.15) is 0 Å². The number of carbonyl (C=O) groups is 2. The van der Waals surface area contributed by atoms with Crippen LogP contribution in [0.3, 0.4) is 0 Å². The number of likely N-dealkylation sites (N-methyl/N-ethyl adjacent to an activating group) is 1. The van der Waals surface area contributed by atoms with E-state index in [0.29, 0.717) is 12.5 Å². The van der Waals surface area contributed by atoms with Crippen LogP contribution in [-0.2, 0) is 4.79 Å². The predicted molar refractivity (Wildman–Crippen MR) is 80.2 cm³/mol. The molecule has 2 atom stereocenters. The van der Waals surface area contributed by atoms with E-state index in [1.54, 1.807) is 0 Å². The summed E-state index contributed by atoms with van der Waals surface area (Å²) in [7, 11) is 2.08. The van der Waals surface area contributed by atoms with Crippen molar-refractivity contribution in [3.8, 4) is 0 Å². The number of piperazine rings is 1. The van der Waals surface area contributed by atoms with Crippen molar-refractivity contribution in [1.82, 2.24) is 14.7 Å². The zero-order valence-corrected chi connectivity index (χ0v) is 13.1. The van der Waals surface area contributed by atoms with Crippen LogP contribution in [0.1, 0.15) is 26.2 Å². The molecule has 2 aliphatic heterocycles. The third kappa shape index (κ3) is 4.33. The minimum atomic E-state index is -0.745. The molecule has 0 bridgehead atoms. The second-order valence-electron chi connectivity index (χ2n) is 6.50. The van der Waals surface area contributed by atoms with Crippen LogP contribution >= 0.6 is 0 Å². The first-order valence-electron chi connectivity index (χ1n) is 7.91. The molecular weight excluding hydrogens is 270 g/mol. The topological polar surface area (TPSA) is 64.1 Å². The number of carboxylic acid groups (broad SMARTS) is 1. The highest BCUT2D eigenvalue weighted by Crippen LogP contribution is 2.26. The third-order valence-electron chi connectivity index (χ3n) is 4.80. The maximum Gasteiger partial charge on any atom is 0.320 e. The number of carbonyl (C=O) groups excluding carboxylic acids is 1. The molecular formula is C15H27N3O3. The number of hydrogen-bond donors (Lipinski definition) is 1. The maximum atomic E-state index is 12.6. The SMILES string of the molecule is CC(CC(=O)O)C1CCCN(C(=O)N2CCN(C)CC2)C1. The van der Waals surface area contributed by atoms with Gasteiger partial charge in [-0.3, -0.25) is 4.79 Å². The van der Waals surface area contributed by atoms with Crippen LogP contribution in [0.4, 0.5) is 4.79 Å². The fraction of sp³-hybridized carbons (Fsp3) is 0.867. The van der Waals surface area contributed by atoms with E-state index in [1.807, 2.05) is 16.7 Å². The van der Waals surface area contributed by atoms with Gasteiger partial charge >= 0.3 is 12.0 Å². The lowest BCUT2D eigenvalue weighted by atomic mass is 9.85. The number of aliphatic carboxylic acids is 1. The van der Waals surface area contributed by atoms with Crippen LogP contribution in [0.25, 0.3) is 0 Å². The Morgan fingerprint density at radius 2 is 1.81 bits per heavy atom. The normalized spacial score (nSPS) is 25.7. The van der Waals surface area contributed by atoms with Crippen molar-refractivity contribution in [3.05, 3.63) is 0 Å². The lowest BCUT2D eigenvalue weighted by molar-refractivity contribution is -0.138. The molecule has 21 heavy (non-hydrogen) atoms. The van der Waals surface area contributed by atoms with Gasteiger partial charge in [-0.25, -0.2) is 4.79 Å². The van der Waals surface area contributed by atoms with E-state index in [9.17, 15) is 9.59 Å². The van der Waals surface area contributed by atoms with E-state index < -0.39 is 5.97 Å². The van der Waals surface area contributed by atoms with Crippen molar-refractivity contribution in [2.24, 2.45) is 11.8 Å². The van der Waals surface area contributed by atoms with Gasteiger partial charge in [0, 0.05) is 45.7 Å². The van der Waals surface area contributed by atoms with E-state index in [4.69, 9.17) is 5.11 Å². The van der Waals surface area contributed by atoms with E-state index >= 15 is 0 Å². The standard InChI is InChI=1S/C15H27N3O3/c1-12(10-14(19)20)13-4-3-5-18(11-13)15(21)17-8-6-16(2)7-9-17/h12-13H,3-11H2,1-2H3,(H,19,20). The fourth-order valence-corrected chi connectivity index (χ4v) is 3.29. The Bertz CT molecular complexity index is 380. The van der Waals surface area contributed by atoms with Crippen molar-refractivity contribution in [1.29, 1.82) is 0 Å². The molecule has 0 saturated carbocycles. The van der Waals surface area contributed by atoms with Crippen molar-refractivity contribution >= 4 is 12.0 Å². The van der Waals surface area contributed by atoms with Gasteiger partial charge in [-0.05, 0) is 31.7 Å². The van der Waals surface area contributed by atoms with Crippen LogP contribution in [0.2, 0.25) is 0 Å². The van der Waals surface area contributed by atoms with Crippen LogP contribution in [-0.4, -0.2) is 78.1 Å². The lowest BCUT2D eigenvalue weighted by Gasteiger charge is -2.40. The largest absolute Gasteiger partial charge is 0.481 e. The summed E-state index contributed by atoms with van der Waals surface area (Å²) >= 11 is 0. The monoisotopic (exact) mass is 297 g/mol. The van der Waals surface area contributed by atoms with Gasteiger partial charge in [0.15, 0.2) is 0 Å². The molecule has 2 aliphatic rings. The molecule has 2 heterocycles. The van der Waals surface area contributed by atoms with Crippen LogP contribution < -0.4 is 0 Å². The van der Waals surface area contributed by atoms with E-state index in [-0.39, 0.29) is 18.4 Å². The van der Waals surface area contributed by atoms with Gasteiger partial charge in [0.2, 0.25) is 0 Å². The number of nitrogens with zero attached hydrogens (tertiary/aromatic N) is 3. The number of amides is 2. The number of piperidine rings is 1. The van der Waals surface area contributed by atoms with Crippen LogP contribution in [0.15, 0.2) is 0 Å². The highest BCUT2D eigenvalue weighted by molar-refractivity contribution is 5.74. The maximum absolute atomic E-state index is 12.6. The predicted octanol–water partition coefficient (Wildman–Crippen LogP) is 1.18. The van der Waals surface area contributed by atoms with Gasteiger partial charge < -0.3 is 19.8 Å². The molecule has 0 aromatic heterocycles. The van der Waals surface area contributed by atoms with Gasteiger partial charge in [0.25, 0.3) is 0 Å². The first-order chi connectivity index (χ1) is 9.97. The van der Waals surface area contributed by atoms with Gasteiger partial charge in [-0.2, -0.15) is 0 Å². The number of likely N-dealkylation sites (tertiary alicyclic amines) is 1. The van der Waals surface area contributed by atoms with Crippen molar-refractivity contribution in [2.75, 3.05) is 46.3 Å². The Hall–Kier alpha value is -1.30. The summed E-state index contributed by atoms with van der Waals surface area (Å²) in [6.45, 7) is 6.95. The number of hydrogen-bond acceptors (Lipinski definition) is 3. The molecule has 0 spiro atoms. The zero-order chi connectivity index (χ0) is 15.4. The highest BCUT2D eigenvalue weighted by atomic mass is 16.4. The van der Waals surface area contributed by atoms with Gasteiger partial charge in [0.05, 0.1) is 0 Å². The van der Waals surface area contributed by atoms with Crippen molar-refractivity contribution in [3.63, 3.8) is 0 Å². The summed E-state index contributed by atoms with van der Waals surface area (Å²) in [5, 5.41) is 8.92. The summed E-state index contributed by atoms with van der Waals surface area (Å²) in [5.74, 6) is -0.304. The summed E-state index contributed by atoms with van der Waals surface area (Å²) in [4.78, 5) is 29.5. The highest BCUT2D eigenvalue weighted by Gasteiger charge is 2.31. The van der Waals surface area contributed by atoms with Crippen LogP contribution in [0.5, 0.6) is 0 Å². The summed E-state index contributed by atoms with van der Waals surface area (Å²) in [6.07, 6.45) is 2.20. The molecule has 0 aromatic rings. The Labute approximate surface area is 126 Å². The molecule has 2 rings (SSSR count). The van der Waals surface area contributed by atoms with E-state index in [2.05, 4.69) is 11.9 Å². The Morgan fingerprint density at radius 3 is 2.43 bits per heavy atom. The Kier molecular flexibility index (Phi) is 5.45. The fourth-order valence-electron chi connectivity index (χ4n) is 3.29. The average Bonchev–Trinajstić information content (AvgIpc) is 2.47. The Morgan fingerprint density at radius 1 is 1.14 bits per heavy atom. The molecule has 2 fully saturated rings. The molecule has 2 amide bonds. The van der Waals surface area contributed by atoms with Gasteiger partial charge in [-0.15, -0.1) is 0 Å². The minimum Gasteiger partial charge on any atom is -0.481 e. The average molecular weight is 297 g/mol. The molecule has 0 aliphatic carbocycles. The van der Waals surface area contributed by atoms with E-state index in [0.717, 1.165) is 45.6 Å². The summed E-state index contributed by atoms with van der Waals surface area (Å²) in [5.41, 5.74) is 0. The van der Waals surface area contributed by atoms with E-state index in [1.165, 1.54) is 0 Å². The second-order valence-corrected chi connectivity index (χ2v) is 6.50. The summed E-state index contributed by atoms with van der Waals surface area (Å²) < 4.78 is 0. The van der Waals surface area contributed by atoms with Crippen molar-refractivity contribution in [2.45, 2.75) is 26.2 Å². The molecule has 0 aromatic carbocycles. The third-order valence-corrected chi connectivity index (χ3v) is 4.80. The first-order valence-corrected chi connectivity index (χ1v) is 7.91. The molecule has 120 valence electrons. The first kappa shape index (κ1) is 16.1. The second kappa shape index (κ2) is 7.11. The smallest absolute Gasteiger partial charge is 0.320 e. The molecule has 1 N–H and O–H groups in total. The Balaban J connectivity index is 1.88. The van der Waals surface area contributed by atoms with Crippen LogP contribution in [0, 0.1) is 11.8 Å². The number of carboxylic acids is 1. The molecule has 6 nitrogen and oxygen atoms in total.